The van der Waals surface area contributed by atoms with E-state index in [1.165, 1.54) is 0 Å². The van der Waals surface area contributed by atoms with E-state index in [0.29, 0.717) is 6.61 Å². The van der Waals surface area contributed by atoms with Gasteiger partial charge in [-0.3, -0.25) is 4.79 Å². The van der Waals surface area contributed by atoms with Crippen LogP contribution in [0.3, 0.4) is 0 Å². The molecule has 1 atom stereocenters. The van der Waals surface area contributed by atoms with E-state index in [1.807, 2.05) is 7.05 Å². The van der Waals surface area contributed by atoms with Gasteiger partial charge in [0, 0.05) is 13.1 Å². The second kappa shape index (κ2) is 5.11. The Labute approximate surface area is 72.9 Å². The molecule has 1 aliphatic rings. The number of hydrogen-bond acceptors (Lipinski definition) is 3. The largest absolute Gasteiger partial charge is 0.374 e. The van der Waals surface area contributed by atoms with E-state index in [0.717, 1.165) is 32.5 Å². The average molecular weight is 172 g/mol. The topological polar surface area (TPSA) is 41.6 Å². The number of carbonyl (C=O) groups is 1. The van der Waals surface area contributed by atoms with Gasteiger partial charge in [-0.1, -0.05) is 0 Å². The molecular weight excluding hydrogens is 156 g/mol. The lowest BCUT2D eigenvalue weighted by molar-refractivity contribution is -0.125. The number of ether oxygens (including phenoxy) is 1. The van der Waals surface area contributed by atoms with Crippen molar-refractivity contribution in [1.82, 2.24) is 10.2 Å². The molecular formula is C8H16N2O2. The maximum atomic E-state index is 10.4. The third kappa shape index (κ3) is 2.79. The highest BCUT2D eigenvalue weighted by Gasteiger charge is 2.17. The summed E-state index contributed by atoms with van der Waals surface area (Å²) in [6, 6.07) is 0. The second-order valence-electron chi connectivity index (χ2n) is 2.99. The van der Waals surface area contributed by atoms with Crippen molar-refractivity contribution < 1.29 is 9.53 Å². The van der Waals surface area contributed by atoms with Crippen molar-refractivity contribution >= 4 is 6.41 Å². The average Bonchev–Trinajstić information content (AvgIpc) is 2.15. The summed E-state index contributed by atoms with van der Waals surface area (Å²) in [5, 5.41) is 3.06. The summed E-state index contributed by atoms with van der Waals surface area (Å²) in [6.45, 7) is 3.09. The van der Waals surface area contributed by atoms with E-state index in [2.05, 4.69) is 5.32 Å². The smallest absolute Gasteiger partial charge is 0.209 e. The molecule has 1 rings (SSSR count). The third-order valence-electron chi connectivity index (χ3n) is 2.04. The fourth-order valence-electron chi connectivity index (χ4n) is 1.32. The first-order chi connectivity index (χ1) is 5.86. The van der Waals surface area contributed by atoms with Gasteiger partial charge >= 0.3 is 0 Å². The normalized spacial score (nSPS) is 24.1. The van der Waals surface area contributed by atoms with E-state index >= 15 is 0 Å². The van der Waals surface area contributed by atoms with Crippen LogP contribution in [0.5, 0.6) is 0 Å². The molecule has 1 N–H and O–H groups in total. The van der Waals surface area contributed by atoms with Crippen LogP contribution in [-0.4, -0.2) is 50.7 Å². The van der Waals surface area contributed by atoms with Crippen molar-refractivity contribution in [3.8, 4) is 0 Å². The van der Waals surface area contributed by atoms with Crippen LogP contribution >= 0.6 is 0 Å². The van der Waals surface area contributed by atoms with E-state index in [4.69, 9.17) is 4.74 Å². The van der Waals surface area contributed by atoms with Gasteiger partial charge < -0.3 is 15.0 Å². The van der Waals surface area contributed by atoms with Crippen LogP contribution in [0.1, 0.15) is 6.42 Å². The Hall–Kier alpha value is -0.610. The highest BCUT2D eigenvalue weighted by atomic mass is 16.5. The van der Waals surface area contributed by atoms with Crippen LogP contribution in [0.25, 0.3) is 0 Å². The number of nitrogens with zero attached hydrogens (tertiary/aromatic N) is 1. The predicted molar refractivity (Wildman–Crippen MR) is 45.9 cm³/mol. The molecule has 0 aliphatic carbocycles. The van der Waals surface area contributed by atoms with Crippen LogP contribution in [0.4, 0.5) is 0 Å². The quantitative estimate of drug-likeness (QED) is 0.579. The molecule has 0 saturated carbocycles. The first-order valence-electron chi connectivity index (χ1n) is 4.32. The summed E-state index contributed by atoms with van der Waals surface area (Å²) in [5.41, 5.74) is 0. The van der Waals surface area contributed by atoms with Gasteiger partial charge in [0.1, 0.15) is 0 Å². The number of amides is 1. The van der Waals surface area contributed by atoms with E-state index in [9.17, 15) is 4.79 Å². The Kier molecular flexibility index (Phi) is 4.04. The monoisotopic (exact) mass is 172 g/mol. The standard InChI is InChI=1S/C8H16N2O2/c1-9-3-2-8-6-10(7-11)4-5-12-8/h7-9H,2-6H2,1H3. The lowest BCUT2D eigenvalue weighted by Gasteiger charge is -2.30. The van der Waals surface area contributed by atoms with Crippen molar-refractivity contribution in [2.24, 2.45) is 0 Å². The van der Waals surface area contributed by atoms with Gasteiger partial charge in [0.05, 0.1) is 12.7 Å². The molecule has 1 heterocycles. The highest BCUT2D eigenvalue weighted by Crippen LogP contribution is 2.05. The van der Waals surface area contributed by atoms with Gasteiger partial charge in [0.25, 0.3) is 0 Å². The minimum Gasteiger partial charge on any atom is -0.374 e. The van der Waals surface area contributed by atoms with E-state index < -0.39 is 0 Å². The molecule has 0 aromatic carbocycles. The molecule has 4 heteroatoms. The zero-order valence-electron chi connectivity index (χ0n) is 7.45. The maximum Gasteiger partial charge on any atom is 0.209 e. The summed E-state index contributed by atoms with van der Waals surface area (Å²) < 4.78 is 5.47. The van der Waals surface area contributed by atoms with Gasteiger partial charge in [0.2, 0.25) is 6.41 Å². The molecule has 0 aromatic rings. The van der Waals surface area contributed by atoms with Crippen LogP contribution in [0.2, 0.25) is 0 Å². The minimum absolute atomic E-state index is 0.219. The summed E-state index contributed by atoms with van der Waals surface area (Å²) in [7, 11) is 1.92. The Morgan fingerprint density at radius 1 is 1.75 bits per heavy atom. The summed E-state index contributed by atoms with van der Waals surface area (Å²) in [5.74, 6) is 0. The van der Waals surface area contributed by atoms with Gasteiger partial charge in [0.15, 0.2) is 0 Å². The molecule has 1 amide bonds. The summed E-state index contributed by atoms with van der Waals surface area (Å²) in [6.07, 6.45) is 2.09. The van der Waals surface area contributed by atoms with Crippen LogP contribution in [0, 0.1) is 0 Å². The van der Waals surface area contributed by atoms with Crippen LogP contribution in [0.15, 0.2) is 0 Å². The molecule has 0 aromatic heterocycles. The molecule has 1 fully saturated rings. The molecule has 4 nitrogen and oxygen atoms in total. The molecule has 70 valence electrons. The highest BCUT2D eigenvalue weighted by molar-refractivity contribution is 5.47. The number of carbonyl (C=O) groups excluding carboxylic acids is 1. The molecule has 1 aliphatic heterocycles. The first-order valence-corrected chi connectivity index (χ1v) is 4.32. The Balaban J connectivity index is 2.20. The van der Waals surface area contributed by atoms with Gasteiger partial charge in [-0.25, -0.2) is 0 Å². The van der Waals surface area contributed by atoms with Gasteiger partial charge in [-0.15, -0.1) is 0 Å². The fraction of sp³-hybridized carbons (Fsp3) is 0.875. The van der Waals surface area contributed by atoms with Crippen molar-refractivity contribution in [3.63, 3.8) is 0 Å². The Morgan fingerprint density at radius 2 is 2.58 bits per heavy atom. The maximum absolute atomic E-state index is 10.4. The van der Waals surface area contributed by atoms with Crippen molar-refractivity contribution in [1.29, 1.82) is 0 Å². The first kappa shape index (κ1) is 9.48. The van der Waals surface area contributed by atoms with Gasteiger partial charge in [-0.05, 0) is 20.0 Å². The zero-order chi connectivity index (χ0) is 8.81. The Bertz CT molecular complexity index is 141. The fourth-order valence-corrected chi connectivity index (χ4v) is 1.32. The SMILES string of the molecule is CNCCC1CN(C=O)CCO1. The third-order valence-corrected chi connectivity index (χ3v) is 2.04. The lowest BCUT2D eigenvalue weighted by Crippen LogP contribution is -2.42. The number of hydrogen-bond donors (Lipinski definition) is 1. The van der Waals surface area contributed by atoms with Gasteiger partial charge in [-0.2, -0.15) is 0 Å². The van der Waals surface area contributed by atoms with Crippen LogP contribution < -0.4 is 5.32 Å². The van der Waals surface area contributed by atoms with E-state index in [-0.39, 0.29) is 6.10 Å². The number of nitrogens with one attached hydrogen (secondary N) is 1. The number of rotatable bonds is 4. The zero-order valence-corrected chi connectivity index (χ0v) is 7.45. The van der Waals surface area contributed by atoms with Crippen molar-refractivity contribution in [2.75, 3.05) is 33.3 Å². The number of morpholine rings is 1. The summed E-state index contributed by atoms with van der Waals surface area (Å²) in [4.78, 5) is 12.2. The molecule has 1 saturated heterocycles. The lowest BCUT2D eigenvalue weighted by atomic mass is 10.2. The predicted octanol–water partition coefficient (Wildman–Crippen LogP) is -0.547. The van der Waals surface area contributed by atoms with Crippen molar-refractivity contribution in [3.05, 3.63) is 0 Å². The molecule has 0 bridgehead atoms. The summed E-state index contributed by atoms with van der Waals surface area (Å²) >= 11 is 0. The van der Waals surface area contributed by atoms with Crippen molar-refractivity contribution in [2.45, 2.75) is 12.5 Å². The van der Waals surface area contributed by atoms with Crippen LogP contribution in [-0.2, 0) is 9.53 Å². The molecule has 1 unspecified atom stereocenters. The van der Waals surface area contributed by atoms with E-state index in [1.54, 1.807) is 4.90 Å². The minimum atomic E-state index is 0.219. The molecule has 12 heavy (non-hydrogen) atoms. The molecule has 0 radical (unpaired) electrons. The second-order valence-corrected chi connectivity index (χ2v) is 2.99. The molecule has 0 spiro atoms. The Morgan fingerprint density at radius 3 is 3.25 bits per heavy atom.